The molecule has 0 aromatic carbocycles. The van der Waals surface area contributed by atoms with Crippen LogP contribution in [0.4, 0.5) is 0 Å². The van der Waals surface area contributed by atoms with Crippen molar-refractivity contribution in [3.05, 3.63) is 17.6 Å². The first kappa shape index (κ1) is 12.3. The lowest BCUT2D eigenvalue weighted by molar-refractivity contribution is 0.279. The van der Waals surface area contributed by atoms with Gasteiger partial charge >= 0.3 is 0 Å². The predicted molar refractivity (Wildman–Crippen MR) is 66.1 cm³/mol. The number of hydrogen-bond donors (Lipinski definition) is 1. The average Bonchev–Trinajstić information content (AvgIpc) is 2.57. The Hall–Kier alpha value is -1.20. The average molecular weight is 236 g/mol. The molecule has 1 aromatic rings. The highest BCUT2D eigenvalue weighted by molar-refractivity contribution is 5.16. The van der Waals surface area contributed by atoms with Gasteiger partial charge in [-0.15, -0.1) is 0 Å². The Morgan fingerprint density at radius 1 is 1.35 bits per heavy atom. The zero-order valence-corrected chi connectivity index (χ0v) is 10.6. The maximum atomic E-state index is 5.17. The van der Waals surface area contributed by atoms with Gasteiger partial charge in [0.05, 0.1) is 12.8 Å². The summed E-state index contributed by atoms with van der Waals surface area (Å²) in [6, 6.07) is 1.92. The van der Waals surface area contributed by atoms with Gasteiger partial charge in [-0.25, -0.2) is 4.98 Å². The summed E-state index contributed by atoms with van der Waals surface area (Å²) in [6.07, 6.45) is 1.20. The van der Waals surface area contributed by atoms with E-state index in [9.17, 15) is 0 Å². The summed E-state index contributed by atoms with van der Waals surface area (Å²) < 4.78 is 5.17. The van der Waals surface area contributed by atoms with Crippen LogP contribution in [-0.4, -0.2) is 48.2 Å². The molecule has 1 aliphatic heterocycles. The fourth-order valence-corrected chi connectivity index (χ4v) is 2.07. The molecule has 0 spiro atoms. The number of methoxy groups -OCH3 is 1. The number of nitrogens with zero attached hydrogens (tertiary/aromatic N) is 3. The van der Waals surface area contributed by atoms with Gasteiger partial charge < -0.3 is 10.1 Å². The first-order chi connectivity index (χ1) is 8.28. The van der Waals surface area contributed by atoms with Gasteiger partial charge in [0.1, 0.15) is 5.82 Å². The highest BCUT2D eigenvalue weighted by Gasteiger charge is 2.11. The Labute approximate surface area is 102 Å². The van der Waals surface area contributed by atoms with Gasteiger partial charge in [0.15, 0.2) is 0 Å². The van der Waals surface area contributed by atoms with E-state index in [0.717, 1.165) is 44.2 Å². The topological polar surface area (TPSA) is 50.3 Å². The van der Waals surface area contributed by atoms with Crippen LogP contribution in [0.1, 0.15) is 17.9 Å². The fourth-order valence-electron chi connectivity index (χ4n) is 2.07. The summed E-state index contributed by atoms with van der Waals surface area (Å²) >= 11 is 0. The predicted octanol–water partition coefficient (Wildman–Crippen LogP) is 0.589. The van der Waals surface area contributed by atoms with E-state index >= 15 is 0 Å². The molecular weight excluding hydrogens is 216 g/mol. The lowest BCUT2D eigenvalue weighted by Gasteiger charge is -2.19. The third-order valence-electron chi connectivity index (χ3n) is 2.89. The van der Waals surface area contributed by atoms with E-state index in [0.29, 0.717) is 5.88 Å². The Morgan fingerprint density at radius 3 is 3.06 bits per heavy atom. The van der Waals surface area contributed by atoms with E-state index in [2.05, 4.69) is 20.2 Å². The molecule has 0 saturated carbocycles. The third kappa shape index (κ3) is 3.64. The van der Waals surface area contributed by atoms with E-state index < -0.39 is 0 Å². The highest BCUT2D eigenvalue weighted by Crippen LogP contribution is 2.11. The molecule has 0 radical (unpaired) electrons. The van der Waals surface area contributed by atoms with Crippen molar-refractivity contribution in [1.29, 1.82) is 0 Å². The first-order valence-electron chi connectivity index (χ1n) is 6.09. The van der Waals surface area contributed by atoms with Crippen molar-refractivity contribution in [2.45, 2.75) is 19.9 Å². The summed E-state index contributed by atoms with van der Waals surface area (Å²) in [5, 5.41) is 3.40. The van der Waals surface area contributed by atoms with E-state index in [4.69, 9.17) is 4.74 Å². The van der Waals surface area contributed by atoms with Crippen LogP contribution < -0.4 is 10.1 Å². The summed E-state index contributed by atoms with van der Waals surface area (Å²) in [4.78, 5) is 11.1. The number of aryl methyl sites for hydroxylation is 1. The van der Waals surface area contributed by atoms with Crippen molar-refractivity contribution >= 4 is 0 Å². The fraction of sp³-hybridized carbons (Fsp3) is 0.667. The lowest BCUT2D eigenvalue weighted by atomic mass is 10.3. The molecule has 1 N–H and O–H groups in total. The molecule has 1 saturated heterocycles. The normalized spacial score (nSPS) is 17.8. The number of aromatic nitrogens is 2. The minimum Gasteiger partial charge on any atom is -0.481 e. The van der Waals surface area contributed by atoms with Crippen LogP contribution in [0.25, 0.3) is 0 Å². The van der Waals surface area contributed by atoms with Gasteiger partial charge in [-0.3, -0.25) is 4.90 Å². The van der Waals surface area contributed by atoms with Gasteiger partial charge in [-0.05, 0) is 26.4 Å². The van der Waals surface area contributed by atoms with Crippen LogP contribution in [0, 0.1) is 6.92 Å². The SMILES string of the molecule is COc1cc(CN2CCCNCC2)nc(C)n1. The molecule has 2 heterocycles. The molecule has 0 aliphatic carbocycles. The zero-order chi connectivity index (χ0) is 12.1. The number of hydrogen-bond acceptors (Lipinski definition) is 5. The van der Waals surface area contributed by atoms with Crippen LogP contribution in [-0.2, 0) is 6.54 Å². The quantitative estimate of drug-likeness (QED) is 0.832. The Balaban J connectivity index is 2.03. The molecule has 1 aromatic heterocycles. The second-order valence-corrected chi connectivity index (χ2v) is 4.33. The van der Waals surface area contributed by atoms with E-state index in [1.807, 2.05) is 13.0 Å². The molecule has 5 heteroatoms. The molecule has 0 bridgehead atoms. The molecule has 0 amide bonds. The number of ether oxygens (including phenoxy) is 1. The van der Waals surface area contributed by atoms with Crippen LogP contribution in [0.5, 0.6) is 5.88 Å². The zero-order valence-electron chi connectivity index (χ0n) is 10.6. The Morgan fingerprint density at radius 2 is 2.24 bits per heavy atom. The van der Waals surface area contributed by atoms with Gasteiger partial charge in [-0.2, -0.15) is 4.98 Å². The van der Waals surface area contributed by atoms with Crippen LogP contribution in [0.15, 0.2) is 6.07 Å². The van der Waals surface area contributed by atoms with E-state index in [-0.39, 0.29) is 0 Å². The Kier molecular flexibility index (Phi) is 4.28. The highest BCUT2D eigenvalue weighted by atomic mass is 16.5. The third-order valence-corrected chi connectivity index (χ3v) is 2.89. The summed E-state index contributed by atoms with van der Waals surface area (Å²) in [6.45, 7) is 7.14. The molecule has 0 atom stereocenters. The minimum absolute atomic E-state index is 0.653. The Bertz CT molecular complexity index is 362. The van der Waals surface area contributed by atoms with Gasteiger partial charge in [-0.1, -0.05) is 0 Å². The van der Waals surface area contributed by atoms with Gasteiger partial charge in [0.25, 0.3) is 0 Å². The van der Waals surface area contributed by atoms with Crippen molar-refractivity contribution in [1.82, 2.24) is 20.2 Å². The molecule has 1 fully saturated rings. The van der Waals surface area contributed by atoms with E-state index in [1.165, 1.54) is 6.42 Å². The van der Waals surface area contributed by atoms with E-state index in [1.54, 1.807) is 7.11 Å². The maximum absolute atomic E-state index is 5.17. The summed E-state index contributed by atoms with van der Waals surface area (Å²) in [7, 11) is 1.64. The summed E-state index contributed by atoms with van der Waals surface area (Å²) in [5.41, 5.74) is 1.04. The molecule has 0 unspecified atom stereocenters. The first-order valence-corrected chi connectivity index (χ1v) is 6.09. The van der Waals surface area contributed by atoms with Crippen molar-refractivity contribution in [2.75, 3.05) is 33.3 Å². The van der Waals surface area contributed by atoms with Crippen LogP contribution in [0.2, 0.25) is 0 Å². The molecule has 2 rings (SSSR count). The minimum atomic E-state index is 0.653. The van der Waals surface area contributed by atoms with Gasteiger partial charge in [0, 0.05) is 25.7 Å². The second-order valence-electron chi connectivity index (χ2n) is 4.33. The summed E-state index contributed by atoms with van der Waals surface area (Å²) in [5.74, 6) is 1.42. The molecule has 1 aliphatic rings. The number of nitrogens with one attached hydrogen (secondary N) is 1. The van der Waals surface area contributed by atoms with Crippen molar-refractivity contribution in [3.63, 3.8) is 0 Å². The van der Waals surface area contributed by atoms with Crippen LogP contribution in [0.3, 0.4) is 0 Å². The second kappa shape index (κ2) is 5.93. The molecule has 17 heavy (non-hydrogen) atoms. The van der Waals surface area contributed by atoms with Crippen molar-refractivity contribution in [3.8, 4) is 5.88 Å². The van der Waals surface area contributed by atoms with Crippen molar-refractivity contribution in [2.24, 2.45) is 0 Å². The molecule has 5 nitrogen and oxygen atoms in total. The maximum Gasteiger partial charge on any atom is 0.216 e. The van der Waals surface area contributed by atoms with Gasteiger partial charge in [0.2, 0.25) is 5.88 Å². The number of rotatable bonds is 3. The monoisotopic (exact) mass is 236 g/mol. The largest absolute Gasteiger partial charge is 0.481 e. The molecule has 94 valence electrons. The van der Waals surface area contributed by atoms with Crippen molar-refractivity contribution < 1.29 is 4.74 Å². The standard InChI is InChI=1S/C12H20N4O/c1-10-14-11(8-12(15-10)17-2)9-16-6-3-4-13-5-7-16/h8,13H,3-7,9H2,1-2H3. The smallest absolute Gasteiger partial charge is 0.216 e. The molecular formula is C12H20N4O. The lowest BCUT2D eigenvalue weighted by Crippen LogP contribution is -2.28. The van der Waals surface area contributed by atoms with Crippen LogP contribution >= 0.6 is 0 Å².